The number of aliphatic hydroxyl groups is 1. The van der Waals surface area contributed by atoms with E-state index in [2.05, 4.69) is 6.92 Å². The number of aliphatic hydroxyl groups excluding tert-OH is 1. The summed E-state index contributed by atoms with van der Waals surface area (Å²) in [5, 5.41) is 8.69. The van der Waals surface area contributed by atoms with Gasteiger partial charge >= 0.3 is 5.97 Å². The van der Waals surface area contributed by atoms with Crippen LogP contribution in [-0.2, 0) is 9.53 Å². The van der Waals surface area contributed by atoms with E-state index in [0.29, 0.717) is 18.6 Å². The highest BCUT2D eigenvalue weighted by molar-refractivity contribution is 5.87. The van der Waals surface area contributed by atoms with Crippen molar-refractivity contribution in [3.05, 3.63) is 11.6 Å². The number of carbonyl (C=O) groups excluding carboxylic acids is 1. The molecule has 0 unspecified atom stereocenters. The van der Waals surface area contributed by atoms with Crippen molar-refractivity contribution >= 4 is 5.97 Å². The molecule has 1 N–H and O–H groups in total. The number of hydrogen-bond donors (Lipinski definition) is 1. The Hall–Kier alpha value is -0.830. The SMILES string of the molecule is CCCCCCCCCCCCCOC(=O)C(C)=CCCO. The molecule has 0 saturated carbocycles. The monoisotopic (exact) mass is 312 g/mol. The van der Waals surface area contributed by atoms with E-state index >= 15 is 0 Å². The summed E-state index contributed by atoms with van der Waals surface area (Å²) in [6.07, 6.45) is 16.5. The van der Waals surface area contributed by atoms with Gasteiger partial charge in [-0.05, 0) is 19.8 Å². The van der Waals surface area contributed by atoms with E-state index in [4.69, 9.17) is 9.84 Å². The Morgan fingerprint density at radius 2 is 1.41 bits per heavy atom. The first kappa shape index (κ1) is 21.2. The molecule has 0 spiro atoms. The first-order chi connectivity index (χ1) is 10.7. The summed E-state index contributed by atoms with van der Waals surface area (Å²) in [5.74, 6) is -0.250. The highest BCUT2D eigenvalue weighted by Gasteiger charge is 2.04. The van der Waals surface area contributed by atoms with Crippen LogP contribution in [0.15, 0.2) is 11.6 Å². The third-order valence-corrected chi connectivity index (χ3v) is 3.88. The Bertz CT molecular complexity index is 284. The van der Waals surface area contributed by atoms with Crippen LogP contribution in [0.4, 0.5) is 0 Å². The van der Waals surface area contributed by atoms with Crippen LogP contribution in [0, 0.1) is 0 Å². The minimum Gasteiger partial charge on any atom is -0.462 e. The molecule has 0 atom stereocenters. The van der Waals surface area contributed by atoms with Gasteiger partial charge in [-0.25, -0.2) is 4.79 Å². The predicted molar refractivity (Wildman–Crippen MR) is 92.9 cm³/mol. The fraction of sp³-hybridized carbons (Fsp3) is 0.842. The number of rotatable bonds is 15. The molecule has 0 aromatic carbocycles. The van der Waals surface area contributed by atoms with Gasteiger partial charge in [-0.1, -0.05) is 77.2 Å². The van der Waals surface area contributed by atoms with E-state index < -0.39 is 0 Å². The summed E-state index contributed by atoms with van der Waals surface area (Å²) in [6.45, 7) is 4.58. The summed E-state index contributed by atoms with van der Waals surface area (Å²) in [4.78, 5) is 11.6. The molecule has 0 bridgehead atoms. The first-order valence-electron chi connectivity index (χ1n) is 9.17. The Morgan fingerprint density at radius 3 is 1.91 bits per heavy atom. The number of unbranched alkanes of at least 4 members (excludes halogenated alkanes) is 10. The number of esters is 1. The van der Waals surface area contributed by atoms with Crippen LogP contribution in [-0.4, -0.2) is 24.3 Å². The maximum Gasteiger partial charge on any atom is 0.333 e. The van der Waals surface area contributed by atoms with Gasteiger partial charge in [-0.2, -0.15) is 0 Å². The highest BCUT2D eigenvalue weighted by Crippen LogP contribution is 2.11. The van der Waals surface area contributed by atoms with Crippen LogP contribution in [0.2, 0.25) is 0 Å². The minimum absolute atomic E-state index is 0.0726. The molecule has 22 heavy (non-hydrogen) atoms. The molecular weight excluding hydrogens is 276 g/mol. The summed E-state index contributed by atoms with van der Waals surface area (Å²) >= 11 is 0. The molecular formula is C19H36O3. The van der Waals surface area contributed by atoms with Crippen LogP contribution in [0.3, 0.4) is 0 Å². The lowest BCUT2D eigenvalue weighted by atomic mass is 10.1. The third kappa shape index (κ3) is 14.1. The Labute approximate surface area is 137 Å². The Morgan fingerprint density at radius 1 is 0.909 bits per heavy atom. The van der Waals surface area contributed by atoms with Gasteiger partial charge in [0.15, 0.2) is 0 Å². The standard InChI is InChI=1S/C19H36O3/c1-3-4-5-6-7-8-9-10-11-12-13-17-22-19(21)18(2)15-14-16-20/h15,20H,3-14,16-17H2,1-2H3. The number of ether oxygens (including phenoxy) is 1. The molecule has 0 aromatic heterocycles. The van der Waals surface area contributed by atoms with Crippen molar-refractivity contribution in [1.82, 2.24) is 0 Å². The zero-order valence-electron chi connectivity index (χ0n) is 14.7. The zero-order valence-corrected chi connectivity index (χ0v) is 14.7. The lowest BCUT2D eigenvalue weighted by Gasteiger charge is -2.05. The van der Waals surface area contributed by atoms with E-state index in [0.717, 1.165) is 12.8 Å². The molecule has 3 heteroatoms. The van der Waals surface area contributed by atoms with E-state index in [-0.39, 0.29) is 12.6 Å². The Kier molecular flexibility index (Phi) is 15.9. The normalized spacial score (nSPS) is 11.7. The second-order valence-electron chi connectivity index (χ2n) is 6.07. The predicted octanol–water partition coefficient (Wildman–Crippen LogP) is 5.17. The van der Waals surface area contributed by atoms with Crippen molar-refractivity contribution in [2.75, 3.05) is 13.2 Å². The smallest absolute Gasteiger partial charge is 0.333 e. The van der Waals surface area contributed by atoms with Crippen LogP contribution in [0.5, 0.6) is 0 Å². The minimum atomic E-state index is -0.250. The zero-order chi connectivity index (χ0) is 16.5. The molecule has 0 heterocycles. The molecule has 0 aliphatic heterocycles. The average molecular weight is 312 g/mol. The summed E-state index contributed by atoms with van der Waals surface area (Å²) < 4.78 is 5.19. The molecule has 0 saturated heterocycles. The largest absolute Gasteiger partial charge is 0.462 e. The molecule has 0 amide bonds. The molecule has 0 aliphatic carbocycles. The van der Waals surface area contributed by atoms with E-state index in [1.165, 1.54) is 57.8 Å². The van der Waals surface area contributed by atoms with Gasteiger partial charge in [-0.3, -0.25) is 0 Å². The maximum atomic E-state index is 11.6. The van der Waals surface area contributed by atoms with Gasteiger partial charge in [0.05, 0.1) is 6.61 Å². The van der Waals surface area contributed by atoms with Crippen molar-refractivity contribution in [2.24, 2.45) is 0 Å². The molecule has 0 radical (unpaired) electrons. The highest BCUT2D eigenvalue weighted by atomic mass is 16.5. The number of carbonyl (C=O) groups is 1. The molecule has 0 aromatic rings. The lowest BCUT2D eigenvalue weighted by Crippen LogP contribution is -2.07. The first-order valence-corrected chi connectivity index (χ1v) is 9.17. The summed E-state index contributed by atoms with van der Waals surface area (Å²) in [7, 11) is 0. The van der Waals surface area contributed by atoms with Crippen LogP contribution >= 0.6 is 0 Å². The Balaban J connectivity index is 3.28. The fourth-order valence-electron chi connectivity index (χ4n) is 2.41. The molecule has 3 nitrogen and oxygen atoms in total. The van der Waals surface area contributed by atoms with Crippen molar-refractivity contribution in [3.8, 4) is 0 Å². The summed E-state index contributed by atoms with van der Waals surface area (Å²) in [5.41, 5.74) is 0.595. The second kappa shape index (κ2) is 16.5. The molecule has 0 aliphatic rings. The third-order valence-electron chi connectivity index (χ3n) is 3.88. The topological polar surface area (TPSA) is 46.5 Å². The van der Waals surface area contributed by atoms with Gasteiger partial charge in [0.1, 0.15) is 0 Å². The van der Waals surface area contributed by atoms with Gasteiger partial charge in [0.2, 0.25) is 0 Å². The van der Waals surface area contributed by atoms with Crippen molar-refractivity contribution in [2.45, 2.75) is 90.9 Å². The lowest BCUT2D eigenvalue weighted by molar-refractivity contribution is -0.139. The van der Waals surface area contributed by atoms with Gasteiger partial charge < -0.3 is 9.84 Å². The van der Waals surface area contributed by atoms with E-state index in [1.807, 2.05) is 0 Å². The van der Waals surface area contributed by atoms with Gasteiger partial charge in [0, 0.05) is 12.2 Å². The van der Waals surface area contributed by atoms with Crippen molar-refractivity contribution in [1.29, 1.82) is 0 Å². The van der Waals surface area contributed by atoms with Crippen molar-refractivity contribution in [3.63, 3.8) is 0 Å². The van der Waals surface area contributed by atoms with Crippen LogP contribution in [0.25, 0.3) is 0 Å². The number of hydrogen-bond acceptors (Lipinski definition) is 3. The fourth-order valence-corrected chi connectivity index (χ4v) is 2.41. The van der Waals surface area contributed by atoms with Gasteiger partial charge in [0.25, 0.3) is 0 Å². The molecule has 130 valence electrons. The average Bonchev–Trinajstić information content (AvgIpc) is 2.53. The van der Waals surface area contributed by atoms with E-state index in [9.17, 15) is 4.79 Å². The van der Waals surface area contributed by atoms with Crippen LogP contribution in [0.1, 0.15) is 90.9 Å². The van der Waals surface area contributed by atoms with Crippen molar-refractivity contribution < 1.29 is 14.6 Å². The molecule has 0 rings (SSSR count). The molecule has 0 fully saturated rings. The van der Waals surface area contributed by atoms with Crippen LogP contribution < -0.4 is 0 Å². The van der Waals surface area contributed by atoms with Gasteiger partial charge in [-0.15, -0.1) is 0 Å². The summed E-state index contributed by atoms with van der Waals surface area (Å²) in [6, 6.07) is 0. The quantitative estimate of drug-likeness (QED) is 0.258. The maximum absolute atomic E-state index is 11.6. The second-order valence-corrected chi connectivity index (χ2v) is 6.07. The van der Waals surface area contributed by atoms with E-state index in [1.54, 1.807) is 13.0 Å².